The van der Waals surface area contributed by atoms with E-state index >= 15 is 0 Å². The molecule has 1 fully saturated rings. The predicted octanol–water partition coefficient (Wildman–Crippen LogP) is 4.24. The number of aryl methyl sites for hydroxylation is 2. The predicted molar refractivity (Wildman–Crippen MR) is 119 cm³/mol. The molecule has 1 aliphatic carbocycles. The number of fused-ring (bicyclic) bond motifs is 2. The van der Waals surface area contributed by atoms with Crippen molar-refractivity contribution in [2.24, 2.45) is 5.92 Å². The largest absolute Gasteiger partial charge is 0.461 e. The molecule has 0 radical (unpaired) electrons. The molecule has 5 nitrogen and oxygen atoms in total. The number of hydrogen-bond donors (Lipinski definition) is 0. The van der Waals surface area contributed by atoms with Gasteiger partial charge in [-0.2, -0.15) is 0 Å². The zero-order valence-corrected chi connectivity index (χ0v) is 17.6. The van der Waals surface area contributed by atoms with Gasteiger partial charge < -0.3 is 9.15 Å². The summed E-state index contributed by atoms with van der Waals surface area (Å²) >= 11 is 0. The summed E-state index contributed by atoms with van der Waals surface area (Å²) < 4.78 is 11.0. The summed E-state index contributed by atoms with van der Waals surface area (Å²) in [5.74, 6) is 0.117. The van der Waals surface area contributed by atoms with E-state index in [1.807, 2.05) is 12.1 Å². The number of likely N-dealkylation sites (tertiary alicyclic amines) is 1. The molecule has 2 aliphatic rings. The van der Waals surface area contributed by atoms with Crippen molar-refractivity contribution in [2.45, 2.75) is 45.3 Å². The molecule has 5 rings (SSSR count). The summed E-state index contributed by atoms with van der Waals surface area (Å²) in [7, 11) is 0. The van der Waals surface area contributed by atoms with Crippen LogP contribution in [0.5, 0.6) is 0 Å². The highest BCUT2D eigenvalue weighted by molar-refractivity contribution is 5.82. The summed E-state index contributed by atoms with van der Waals surface area (Å²) in [5, 5.41) is 0.878. The van der Waals surface area contributed by atoms with Gasteiger partial charge >= 0.3 is 11.6 Å². The minimum atomic E-state index is -0.399. The van der Waals surface area contributed by atoms with Crippen molar-refractivity contribution < 1.29 is 13.9 Å². The Balaban J connectivity index is 1.19. The summed E-state index contributed by atoms with van der Waals surface area (Å²) in [6, 6.07) is 15.9. The number of carbonyl (C=O) groups is 1. The van der Waals surface area contributed by atoms with E-state index in [-0.39, 0.29) is 12.6 Å². The fourth-order valence-electron chi connectivity index (χ4n) is 4.93. The monoisotopic (exact) mass is 417 g/mol. The third-order valence-corrected chi connectivity index (χ3v) is 6.51. The van der Waals surface area contributed by atoms with E-state index in [4.69, 9.17) is 9.15 Å². The molecular weight excluding hydrogens is 390 g/mol. The van der Waals surface area contributed by atoms with E-state index in [1.54, 1.807) is 0 Å². The van der Waals surface area contributed by atoms with E-state index in [1.165, 1.54) is 22.8 Å². The number of benzene rings is 2. The molecule has 1 saturated heterocycles. The third-order valence-electron chi connectivity index (χ3n) is 6.51. The van der Waals surface area contributed by atoms with Crippen LogP contribution in [-0.2, 0) is 35.5 Å². The second-order valence-corrected chi connectivity index (χ2v) is 8.80. The Morgan fingerprint density at radius 3 is 2.74 bits per heavy atom. The highest BCUT2D eigenvalue weighted by Crippen LogP contribution is 2.29. The molecule has 1 unspecified atom stereocenters. The summed E-state index contributed by atoms with van der Waals surface area (Å²) in [6.07, 6.45) is 4.62. The molecule has 160 valence electrons. The van der Waals surface area contributed by atoms with Gasteiger partial charge in [0.2, 0.25) is 0 Å². The Labute approximate surface area is 181 Å². The molecule has 0 amide bonds. The number of hydrogen-bond acceptors (Lipinski definition) is 5. The highest BCUT2D eigenvalue weighted by atomic mass is 16.5. The topological polar surface area (TPSA) is 59.8 Å². The fraction of sp³-hybridized carbons (Fsp3) is 0.385. The Morgan fingerprint density at radius 2 is 1.90 bits per heavy atom. The van der Waals surface area contributed by atoms with E-state index in [2.05, 4.69) is 35.2 Å². The van der Waals surface area contributed by atoms with Crippen molar-refractivity contribution in [2.75, 3.05) is 13.1 Å². The van der Waals surface area contributed by atoms with Crippen molar-refractivity contribution in [3.05, 3.63) is 81.2 Å². The van der Waals surface area contributed by atoms with Gasteiger partial charge in [0, 0.05) is 36.5 Å². The van der Waals surface area contributed by atoms with Crippen molar-refractivity contribution in [1.82, 2.24) is 4.90 Å². The second-order valence-electron chi connectivity index (χ2n) is 8.80. The molecule has 2 aromatic carbocycles. The maximum atomic E-state index is 12.5. The van der Waals surface area contributed by atoms with E-state index < -0.39 is 5.63 Å². The molecule has 31 heavy (non-hydrogen) atoms. The first-order chi connectivity index (χ1) is 15.1. The van der Waals surface area contributed by atoms with Gasteiger partial charge in [-0.15, -0.1) is 0 Å². The van der Waals surface area contributed by atoms with Crippen molar-refractivity contribution >= 4 is 16.9 Å². The number of nitrogens with zero attached hydrogens (tertiary/aromatic N) is 1. The number of rotatable bonds is 6. The van der Waals surface area contributed by atoms with Crippen LogP contribution >= 0.6 is 0 Å². The van der Waals surface area contributed by atoms with Crippen molar-refractivity contribution in [1.29, 1.82) is 0 Å². The second kappa shape index (κ2) is 8.67. The van der Waals surface area contributed by atoms with Crippen LogP contribution in [0.25, 0.3) is 11.0 Å². The molecule has 1 atom stereocenters. The SMILES string of the molecule is O=C(CC1CCN(Cc2ccccc2)C1)OCc1cc(=O)oc2cc3c(cc12)CCC3. The van der Waals surface area contributed by atoms with Crippen LogP contribution in [0.15, 0.2) is 57.7 Å². The number of ether oxygens (including phenoxy) is 1. The molecular formula is C26H27NO4. The lowest BCUT2D eigenvalue weighted by Crippen LogP contribution is -2.21. The van der Waals surface area contributed by atoms with Gasteiger partial charge in [0.15, 0.2) is 0 Å². The molecule has 0 bridgehead atoms. The van der Waals surface area contributed by atoms with E-state index in [9.17, 15) is 9.59 Å². The van der Waals surface area contributed by atoms with Gasteiger partial charge in [-0.3, -0.25) is 9.69 Å². The average Bonchev–Trinajstić information content (AvgIpc) is 3.40. The maximum absolute atomic E-state index is 12.5. The molecule has 0 N–H and O–H groups in total. The van der Waals surface area contributed by atoms with Crippen LogP contribution in [0.1, 0.15) is 41.5 Å². The van der Waals surface area contributed by atoms with Gasteiger partial charge in [-0.1, -0.05) is 30.3 Å². The first-order valence-electron chi connectivity index (χ1n) is 11.1. The van der Waals surface area contributed by atoms with Crippen LogP contribution < -0.4 is 5.63 Å². The molecule has 1 aliphatic heterocycles. The van der Waals surface area contributed by atoms with Gasteiger partial charge in [-0.05, 0) is 67.0 Å². The highest BCUT2D eigenvalue weighted by Gasteiger charge is 2.25. The average molecular weight is 418 g/mol. The minimum Gasteiger partial charge on any atom is -0.461 e. The molecule has 0 saturated carbocycles. The molecule has 3 aromatic rings. The molecule has 2 heterocycles. The first-order valence-corrected chi connectivity index (χ1v) is 11.1. The Morgan fingerprint density at radius 1 is 1.10 bits per heavy atom. The maximum Gasteiger partial charge on any atom is 0.336 e. The van der Waals surface area contributed by atoms with Crippen molar-refractivity contribution in [3.63, 3.8) is 0 Å². The lowest BCUT2D eigenvalue weighted by atomic mass is 10.0. The van der Waals surface area contributed by atoms with Crippen LogP contribution in [0.3, 0.4) is 0 Å². The quantitative estimate of drug-likeness (QED) is 0.444. The normalized spacial score (nSPS) is 18.4. The molecule has 0 spiro atoms. The van der Waals surface area contributed by atoms with E-state index in [0.29, 0.717) is 17.9 Å². The molecule has 5 heteroatoms. The zero-order chi connectivity index (χ0) is 21.2. The van der Waals surface area contributed by atoms with Crippen LogP contribution in [0.2, 0.25) is 0 Å². The van der Waals surface area contributed by atoms with Gasteiger partial charge in [0.05, 0.1) is 0 Å². The first kappa shape index (κ1) is 20.0. The summed E-state index contributed by atoms with van der Waals surface area (Å²) in [5.41, 5.74) is 4.78. The lowest BCUT2D eigenvalue weighted by molar-refractivity contribution is -0.145. The minimum absolute atomic E-state index is 0.111. The number of esters is 1. The van der Waals surface area contributed by atoms with Gasteiger partial charge in [0.25, 0.3) is 0 Å². The smallest absolute Gasteiger partial charge is 0.336 e. The standard InChI is InChI=1S/C26H27NO4/c28-25(11-19-9-10-27(16-19)15-18-5-2-1-3-6-18)30-17-22-14-26(29)31-24-13-21-8-4-7-20(21)12-23(22)24/h1-3,5-6,12-14,19H,4,7-11,15-17H2. The third kappa shape index (κ3) is 4.57. The van der Waals surface area contributed by atoms with Crippen molar-refractivity contribution in [3.8, 4) is 0 Å². The van der Waals surface area contributed by atoms with E-state index in [0.717, 1.165) is 56.3 Å². The zero-order valence-electron chi connectivity index (χ0n) is 17.6. The number of carbonyl (C=O) groups excluding carboxylic acids is 1. The Bertz CT molecular complexity index is 1150. The Hall–Kier alpha value is -2.92. The van der Waals surface area contributed by atoms with Crippen LogP contribution in [0.4, 0.5) is 0 Å². The lowest BCUT2D eigenvalue weighted by Gasteiger charge is -2.16. The molecule has 1 aromatic heterocycles. The van der Waals surface area contributed by atoms with Gasteiger partial charge in [-0.25, -0.2) is 4.79 Å². The fourth-order valence-corrected chi connectivity index (χ4v) is 4.93. The summed E-state index contributed by atoms with van der Waals surface area (Å²) in [6.45, 7) is 2.94. The summed E-state index contributed by atoms with van der Waals surface area (Å²) in [4.78, 5) is 26.9. The van der Waals surface area contributed by atoms with Crippen LogP contribution in [0, 0.1) is 5.92 Å². The Kier molecular flexibility index (Phi) is 5.60. The van der Waals surface area contributed by atoms with Gasteiger partial charge in [0.1, 0.15) is 12.2 Å². The van der Waals surface area contributed by atoms with Crippen LogP contribution in [-0.4, -0.2) is 24.0 Å².